The highest BCUT2D eigenvalue weighted by molar-refractivity contribution is 5.09. The minimum atomic E-state index is 0.179. The molecule has 21 heavy (non-hydrogen) atoms. The minimum absolute atomic E-state index is 0.179. The zero-order valence-corrected chi connectivity index (χ0v) is 14.7. The van der Waals surface area contributed by atoms with E-state index in [0.29, 0.717) is 5.41 Å². The Labute approximate surface area is 131 Å². The summed E-state index contributed by atoms with van der Waals surface area (Å²) in [6, 6.07) is 4.22. The van der Waals surface area contributed by atoms with Gasteiger partial charge < -0.3 is 5.32 Å². The van der Waals surface area contributed by atoms with E-state index in [1.807, 2.05) is 12.4 Å². The molecule has 3 nitrogen and oxygen atoms in total. The first kappa shape index (κ1) is 18.1. The summed E-state index contributed by atoms with van der Waals surface area (Å²) in [5.74, 6) is 0. The second-order valence-electron chi connectivity index (χ2n) is 7.43. The van der Waals surface area contributed by atoms with Crippen molar-refractivity contribution in [2.45, 2.75) is 60.0 Å². The standard InChI is InChI=1S/C18H33N3/c1-7-18(6,14-20-17(3,4)5)15-21(8-2)13-16-9-11-19-12-10-16/h9-12,20H,7-8,13-15H2,1-6H3. The van der Waals surface area contributed by atoms with Crippen molar-refractivity contribution >= 4 is 0 Å². The van der Waals surface area contributed by atoms with E-state index in [2.05, 4.69) is 68.9 Å². The van der Waals surface area contributed by atoms with Gasteiger partial charge in [0.15, 0.2) is 0 Å². The Morgan fingerprint density at radius 2 is 1.71 bits per heavy atom. The summed E-state index contributed by atoms with van der Waals surface area (Å²) in [5, 5.41) is 3.67. The Morgan fingerprint density at radius 3 is 2.19 bits per heavy atom. The predicted octanol–water partition coefficient (Wildman–Crippen LogP) is 3.71. The molecule has 1 N–H and O–H groups in total. The van der Waals surface area contributed by atoms with E-state index in [1.54, 1.807) is 0 Å². The Bertz CT molecular complexity index is 397. The van der Waals surface area contributed by atoms with Crippen LogP contribution in [0.2, 0.25) is 0 Å². The summed E-state index contributed by atoms with van der Waals surface area (Å²) in [6.07, 6.45) is 4.94. The number of nitrogens with zero attached hydrogens (tertiary/aromatic N) is 2. The molecule has 0 aliphatic rings. The molecule has 0 bridgehead atoms. The van der Waals surface area contributed by atoms with Crippen molar-refractivity contribution in [3.05, 3.63) is 30.1 Å². The predicted molar refractivity (Wildman–Crippen MR) is 91.3 cm³/mol. The van der Waals surface area contributed by atoms with Gasteiger partial charge in [-0.05, 0) is 56.8 Å². The van der Waals surface area contributed by atoms with Gasteiger partial charge in [0.1, 0.15) is 0 Å². The van der Waals surface area contributed by atoms with Crippen molar-refractivity contribution in [3.8, 4) is 0 Å². The van der Waals surface area contributed by atoms with Crippen LogP contribution < -0.4 is 5.32 Å². The van der Waals surface area contributed by atoms with Gasteiger partial charge in [0.05, 0.1) is 0 Å². The molecular weight excluding hydrogens is 258 g/mol. The average Bonchev–Trinajstić information content (AvgIpc) is 2.45. The van der Waals surface area contributed by atoms with Crippen molar-refractivity contribution in [3.63, 3.8) is 0 Å². The summed E-state index contributed by atoms with van der Waals surface area (Å²) in [5.41, 5.74) is 1.82. The first-order valence-electron chi connectivity index (χ1n) is 8.14. The van der Waals surface area contributed by atoms with Gasteiger partial charge >= 0.3 is 0 Å². The molecule has 0 saturated carbocycles. The molecule has 0 fully saturated rings. The molecule has 0 aliphatic heterocycles. The molecule has 0 aliphatic carbocycles. The van der Waals surface area contributed by atoms with Gasteiger partial charge in [0.2, 0.25) is 0 Å². The first-order valence-corrected chi connectivity index (χ1v) is 8.14. The molecule has 1 aromatic rings. The topological polar surface area (TPSA) is 28.2 Å². The van der Waals surface area contributed by atoms with Crippen molar-refractivity contribution < 1.29 is 0 Å². The normalized spacial score (nSPS) is 15.2. The fraction of sp³-hybridized carbons (Fsp3) is 0.722. The van der Waals surface area contributed by atoms with Gasteiger partial charge in [-0.15, -0.1) is 0 Å². The van der Waals surface area contributed by atoms with E-state index < -0.39 is 0 Å². The highest BCUT2D eigenvalue weighted by atomic mass is 15.1. The summed E-state index contributed by atoms with van der Waals surface area (Å²) in [7, 11) is 0. The third-order valence-corrected chi connectivity index (χ3v) is 4.11. The lowest BCUT2D eigenvalue weighted by Crippen LogP contribution is -2.47. The molecule has 0 saturated heterocycles. The number of nitrogens with one attached hydrogen (secondary N) is 1. The number of aromatic nitrogens is 1. The van der Waals surface area contributed by atoms with Gasteiger partial charge in [0.25, 0.3) is 0 Å². The molecule has 120 valence electrons. The molecular formula is C18H33N3. The lowest BCUT2D eigenvalue weighted by Gasteiger charge is -2.37. The van der Waals surface area contributed by atoms with Crippen LogP contribution in [0.4, 0.5) is 0 Å². The molecule has 0 amide bonds. The van der Waals surface area contributed by atoms with E-state index in [1.165, 1.54) is 12.0 Å². The van der Waals surface area contributed by atoms with Crippen molar-refractivity contribution in [1.29, 1.82) is 0 Å². The number of pyridine rings is 1. The van der Waals surface area contributed by atoms with Gasteiger partial charge in [-0.1, -0.05) is 20.8 Å². The Hall–Kier alpha value is -0.930. The summed E-state index contributed by atoms with van der Waals surface area (Å²) >= 11 is 0. The van der Waals surface area contributed by atoms with Crippen LogP contribution in [0.25, 0.3) is 0 Å². The fourth-order valence-corrected chi connectivity index (χ4v) is 2.34. The van der Waals surface area contributed by atoms with E-state index in [0.717, 1.165) is 26.2 Å². The largest absolute Gasteiger partial charge is 0.311 e. The molecule has 1 atom stereocenters. The number of rotatable bonds is 8. The average molecular weight is 291 g/mol. The van der Waals surface area contributed by atoms with Crippen LogP contribution in [0.15, 0.2) is 24.5 Å². The fourth-order valence-electron chi connectivity index (χ4n) is 2.34. The molecule has 0 radical (unpaired) electrons. The highest BCUT2D eigenvalue weighted by Gasteiger charge is 2.26. The summed E-state index contributed by atoms with van der Waals surface area (Å²) in [6.45, 7) is 17.9. The van der Waals surface area contributed by atoms with E-state index in [4.69, 9.17) is 0 Å². The van der Waals surface area contributed by atoms with Gasteiger partial charge in [0, 0.05) is 37.6 Å². The maximum atomic E-state index is 4.10. The Morgan fingerprint density at radius 1 is 1.10 bits per heavy atom. The molecule has 3 heteroatoms. The van der Waals surface area contributed by atoms with Crippen LogP contribution >= 0.6 is 0 Å². The van der Waals surface area contributed by atoms with E-state index >= 15 is 0 Å². The van der Waals surface area contributed by atoms with Crippen LogP contribution in [0.5, 0.6) is 0 Å². The Balaban J connectivity index is 2.63. The second kappa shape index (κ2) is 7.90. The third kappa shape index (κ3) is 7.05. The van der Waals surface area contributed by atoms with Crippen molar-refractivity contribution in [2.24, 2.45) is 5.41 Å². The van der Waals surface area contributed by atoms with E-state index in [-0.39, 0.29) is 5.54 Å². The lowest BCUT2D eigenvalue weighted by atomic mass is 9.85. The van der Waals surface area contributed by atoms with E-state index in [9.17, 15) is 0 Å². The SMILES string of the molecule is CCN(Cc1ccncc1)CC(C)(CC)CNC(C)(C)C. The minimum Gasteiger partial charge on any atom is -0.311 e. The summed E-state index contributed by atoms with van der Waals surface area (Å²) < 4.78 is 0. The second-order valence-corrected chi connectivity index (χ2v) is 7.43. The maximum Gasteiger partial charge on any atom is 0.0271 e. The van der Waals surface area contributed by atoms with Crippen molar-refractivity contribution in [2.75, 3.05) is 19.6 Å². The molecule has 1 heterocycles. The zero-order valence-electron chi connectivity index (χ0n) is 14.7. The number of hydrogen-bond donors (Lipinski definition) is 1. The Kier molecular flexibility index (Phi) is 6.82. The summed E-state index contributed by atoms with van der Waals surface area (Å²) in [4.78, 5) is 6.63. The smallest absolute Gasteiger partial charge is 0.0271 e. The third-order valence-electron chi connectivity index (χ3n) is 4.11. The molecule has 0 spiro atoms. The van der Waals surface area contributed by atoms with Gasteiger partial charge in [-0.3, -0.25) is 9.88 Å². The van der Waals surface area contributed by atoms with Crippen molar-refractivity contribution in [1.82, 2.24) is 15.2 Å². The first-order chi connectivity index (χ1) is 9.78. The monoisotopic (exact) mass is 291 g/mol. The van der Waals surface area contributed by atoms with Gasteiger partial charge in [-0.2, -0.15) is 0 Å². The maximum absolute atomic E-state index is 4.10. The van der Waals surface area contributed by atoms with Crippen LogP contribution in [-0.4, -0.2) is 35.1 Å². The van der Waals surface area contributed by atoms with Crippen LogP contribution in [-0.2, 0) is 6.54 Å². The van der Waals surface area contributed by atoms with Gasteiger partial charge in [-0.25, -0.2) is 0 Å². The zero-order chi connectivity index (χ0) is 15.9. The molecule has 1 rings (SSSR count). The van der Waals surface area contributed by atoms with Crippen LogP contribution in [0.3, 0.4) is 0 Å². The van der Waals surface area contributed by atoms with Crippen LogP contribution in [0, 0.1) is 5.41 Å². The number of hydrogen-bond acceptors (Lipinski definition) is 3. The molecule has 1 unspecified atom stereocenters. The molecule has 1 aromatic heterocycles. The van der Waals surface area contributed by atoms with Crippen LogP contribution in [0.1, 0.15) is 53.5 Å². The highest BCUT2D eigenvalue weighted by Crippen LogP contribution is 2.23. The molecule has 0 aromatic carbocycles. The lowest BCUT2D eigenvalue weighted by molar-refractivity contribution is 0.145. The quantitative estimate of drug-likeness (QED) is 0.791.